The van der Waals surface area contributed by atoms with Gasteiger partial charge < -0.3 is 18.6 Å². The molecule has 29 heavy (non-hydrogen) atoms. The highest BCUT2D eigenvalue weighted by molar-refractivity contribution is 6.74. The molecule has 1 aromatic carbocycles. The number of ether oxygens (including phenoxy) is 3. The van der Waals surface area contributed by atoms with Gasteiger partial charge in [0.25, 0.3) is 0 Å². The summed E-state index contributed by atoms with van der Waals surface area (Å²) >= 11 is 6.11. The zero-order chi connectivity index (χ0) is 22.2. The van der Waals surface area contributed by atoms with E-state index in [-0.39, 0.29) is 24.9 Å². The van der Waals surface area contributed by atoms with E-state index in [0.29, 0.717) is 22.9 Å². The number of halogens is 1. The molecule has 0 atom stereocenters. The highest BCUT2D eigenvalue weighted by Gasteiger charge is 2.37. The molecule has 0 spiro atoms. The van der Waals surface area contributed by atoms with Gasteiger partial charge in [0.05, 0.1) is 19.8 Å². The van der Waals surface area contributed by atoms with Crippen LogP contribution in [0.5, 0.6) is 5.75 Å². The number of benzene rings is 1. The Morgan fingerprint density at radius 1 is 1.03 bits per heavy atom. The smallest absolute Gasteiger partial charge is 0.325 e. The van der Waals surface area contributed by atoms with Gasteiger partial charge in [-0.05, 0) is 44.1 Å². The van der Waals surface area contributed by atoms with Crippen molar-refractivity contribution in [1.82, 2.24) is 0 Å². The van der Waals surface area contributed by atoms with Crippen molar-refractivity contribution >= 4 is 31.9 Å². The zero-order valence-corrected chi connectivity index (χ0v) is 20.2. The second-order valence-electron chi connectivity index (χ2n) is 8.08. The van der Waals surface area contributed by atoms with E-state index in [4.69, 9.17) is 30.2 Å². The zero-order valence-electron chi connectivity index (χ0n) is 18.5. The summed E-state index contributed by atoms with van der Waals surface area (Å²) in [5, 5.41) is 0.521. The predicted molar refractivity (Wildman–Crippen MR) is 116 cm³/mol. The average molecular weight is 445 g/mol. The number of carbonyl (C=O) groups is 2. The van der Waals surface area contributed by atoms with Crippen LogP contribution in [-0.4, -0.2) is 46.7 Å². The summed E-state index contributed by atoms with van der Waals surface area (Å²) in [6.45, 7) is 15.1. The van der Waals surface area contributed by atoms with Gasteiger partial charge in [0.1, 0.15) is 12.4 Å². The molecule has 0 aliphatic heterocycles. The molecule has 0 fully saturated rings. The minimum Gasteiger partial charge on any atom is -0.491 e. The molecule has 0 bridgehead atoms. The Hall–Kier alpha value is -1.57. The van der Waals surface area contributed by atoms with Gasteiger partial charge >= 0.3 is 11.9 Å². The Balaban J connectivity index is 3.02. The summed E-state index contributed by atoms with van der Waals surface area (Å²) in [6.07, 6.45) is 0. The first-order valence-corrected chi connectivity index (χ1v) is 13.1. The molecular formula is C21H33ClO6Si. The van der Waals surface area contributed by atoms with Crippen LogP contribution in [0.2, 0.25) is 23.2 Å². The van der Waals surface area contributed by atoms with Crippen LogP contribution in [0.3, 0.4) is 0 Å². The molecule has 164 valence electrons. The van der Waals surface area contributed by atoms with Crippen molar-refractivity contribution in [1.29, 1.82) is 0 Å². The molecule has 0 aromatic heterocycles. The van der Waals surface area contributed by atoms with Crippen LogP contribution in [0.4, 0.5) is 0 Å². The Morgan fingerprint density at radius 3 is 2.07 bits per heavy atom. The summed E-state index contributed by atoms with van der Waals surface area (Å²) in [6, 6.07) is 4.76. The van der Waals surface area contributed by atoms with Crippen LogP contribution >= 0.6 is 11.6 Å². The van der Waals surface area contributed by atoms with Crippen molar-refractivity contribution in [3.63, 3.8) is 0 Å². The number of hydrogen-bond acceptors (Lipinski definition) is 6. The highest BCUT2D eigenvalue weighted by atomic mass is 35.5. The summed E-state index contributed by atoms with van der Waals surface area (Å²) in [5.74, 6) is -2.27. The van der Waals surface area contributed by atoms with Gasteiger partial charge in [0, 0.05) is 10.6 Å². The summed E-state index contributed by atoms with van der Waals surface area (Å²) in [4.78, 5) is 24.9. The average Bonchev–Trinajstić information content (AvgIpc) is 2.60. The summed E-state index contributed by atoms with van der Waals surface area (Å²) < 4.78 is 22.1. The van der Waals surface area contributed by atoms with Gasteiger partial charge in [-0.15, -0.1) is 0 Å². The molecule has 1 aromatic rings. The van der Waals surface area contributed by atoms with Crippen LogP contribution in [0, 0.1) is 0 Å². The number of esters is 2. The lowest BCUT2D eigenvalue weighted by Crippen LogP contribution is -2.41. The van der Waals surface area contributed by atoms with Crippen molar-refractivity contribution in [3.05, 3.63) is 28.8 Å². The van der Waals surface area contributed by atoms with Crippen LogP contribution in [0.15, 0.2) is 18.2 Å². The molecule has 0 amide bonds. The lowest BCUT2D eigenvalue weighted by molar-refractivity contribution is -0.157. The standard InChI is InChI=1S/C21H33ClO6Si/c1-8-25-19(23)18(20(24)26-9-2)16-11-10-15(22)14-17(16)27-12-13-28-29(6,7)21(3,4)5/h10-11,14,18H,8-9,12-13H2,1-7H3. The van der Waals surface area contributed by atoms with Crippen molar-refractivity contribution in [2.45, 2.75) is 58.7 Å². The number of rotatable bonds is 10. The third-order valence-corrected chi connectivity index (χ3v) is 9.71. The largest absolute Gasteiger partial charge is 0.491 e. The topological polar surface area (TPSA) is 71.1 Å². The molecule has 0 radical (unpaired) electrons. The molecule has 0 aliphatic rings. The van der Waals surface area contributed by atoms with Crippen LogP contribution in [0.1, 0.15) is 46.1 Å². The normalized spacial score (nSPS) is 12.0. The Kier molecular flexibility index (Phi) is 9.65. The number of hydrogen-bond donors (Lipinski definition) is 0. The van der Waals surface area contributed by atoms with E-state index in [1.807, 2.05) is 0 Å². The maximum atomic E-state index is 12.4. The highest BCUT2D eigenvalue weighted by Crippen LogP contribution is 2.36. The Labute approximate surface area is 179 Å². The molecule has 0 saturated carbocycles. The molecule has 8 heteroatoms. The molecule has 0 unspecified atom stereocenters. The Morgan fingerprint density at radius 2 is 1.59 bits per heavy atom. The van der Waals surface area contributed by atoms with Crippen LogP contribution < -0.4 is 4.74 Å². The SMILES string of the molecule is CCOC(=O)C(C(=O)OCC)c1ccc(Cl)cc1OCCO[Si](C)(C)C(C)(C)C. The lowest BCUT2D eigenvalue weighted by atomic mass is 9.98. The van der Waals surface area contributed by atoms with Gasteiger partial charge in [-0.1, -0.05) is 38.4 Å². The quantitative estimate of drug-likeness (QED) is 0.220. The van der Waals surface area contributed by atoms with Gasteiger partial charge in [-0.2, -0.15) is 0 Å². The van der Waals surface area contributed by atoms with Gasteiger partial charge in [-0.25, -0.2) is 0 Å². The molecule has 0 aliphatic carbocycles. The molecule has 6 nitrogen and oxygen atoms in total. The van der Waals surface area contributed by atoms with Crippen LogP contribution in [-0.2, 0) is 23.5 Å². The van der Waals surface area contributed by atoms with E-state index in [9.17, 15) is 9.59 Å². The van der Waals surface area contributed by atoms with Crippen LogP contribution in [0.25, 0.3) is 0 Å². The predicted octanol–water partition coefficient (Wildman–Crippen LogP) is 4.95. The van der Waals surface area contributed by atoms with E-state index in [1.54, 1.807) is 32.0 Å². The van der Waals surface area contributed by atoms with Crippen molar-refractivity contribution in [3.8, 4) is 5.75 Å². The molecule has 0 N–H and O–H groups in total. The van der Waals surface area contributed by atoms with E-state index in [2.05, 4.69) is 33.9 Å². The van der Waals surface area contributed by atoms with Crippen molar-refractivity contribution in [2.24, 2.45) is 0 Å². The fourth-order valence-electron chi connectivity index (χ4n) is 2.34. The first kappa shape index (κ1) is 25.5. The molecular weight excluding hydrogens is 412 g/mol. The second kappa shape index (κ2) is 11.0. The molecule has 0 heterocycles. The van der Waals surface area contributed by atoms with Crippen molar-refractivity contribution < 1.29 is 28.2 Å². The maximum absolute atomic E-state index is 12.4. The summed E-state index contributed by atoms with van der Waals surface area (Å²) in [5.41, 5.74) is 0.360. The number of carbonyl (C=O) groups excluding carboxylic acids is 2. The molecule has 1 rings (SSSR count). The van der Waals surface area contributed by atoms with E-state index in [0.717, 1.165) is 0 Å². The van der Waals surface area contributed by atoms with Crippen molar-refractivity contribution in [2.75, 3.05) is 26.4 Å². The third kappa shape index (κ3) is 7.32. The van der Waals surface area contributed by atoms with Gasteiger partial charge in [0.2, 0.25) is 0 Å². The third-order valence-electron chi connectivity index (χ3n) is 4.94. The monoisotopic (exact) mass is 444 g/mol. The fraction of sp³-hybridized carbons (Fsp3) is 0.619. The first-order chi connectivity index (χ1) is 13.4. The second-order valence-corrected chi connectivity index (χ2v) is 13.3. The Bertz CT molecular complexity index is 681. The minimum atomic E-state index is -1.90. The fourth-order valence-corrected chi connectivity index (χ4v) is 3.53. The maximum Gasteiger partial charge on any atom is 0.325 e. The van der Waals surface area contributed by atoms with E-state index >= 15 is 0 Å². The summed E-state index contributed by atoms with van der Waals surface area (Å²) in [7, 11) is -1.90. The van der Waals surface area contributed by atoms with Gasteiger partial charge in [0.15, 0.2) is 14.2 Å². The molecule has 0 saturated heterocycles. The van der Waals surface area contributed by atoms with E-state index in [1.165, 1.54) is 0 Å². The van der Waals surface area contributed by atoms with Gasteiger partial charge in [-0.3, -0.25) is 9.59 Å². The minimum absolute atomic E-state index is 0.0904. The van der Waals surface area contributed by atoms with E-state index < -0.39 is 26.2 Å². The first-order valence-electron chi connectivity index (χ1n) is 9.84. The lowest BCUT2D eigenvalue weighted by Gasteiger charge is -2.36.